The van der Waals surface area contributed by atoms with E-state index in [0.29, 0.717) is 18.9 Å². The number of rotatable bonds is 6. The first-order chi connectivity index (χ1) is 9.70. The van der Waals surface area contributed by atoms with Crippen molar-refractivity contribution >= 4 is 5.91 Å². The van der Waals surface area contributed by atoms with Crippen LogP contribution in [0.2, 0.25) is 0 Å². The van der Waals surface area contributed by atoms with Crippen molar-refractivity contribution in [1.29, 1.82) is 0 Å². The molecule has 0 aliphatic carbocycles. The summed E-state index contributed by atoms with van der Waals surface area (Å²) in [6.45, 7) is 2.34. The molecule has 0 saturated heterocycles. The van der Waals surface area contributed by atoms with Crippen LogP contribution in [0, 0.1) is 0 Å². The van der Waals surface area contributed by atoms with Crippen LogP contribution in [-0.2, 0) is 6.42 Å². The van der Waals surface area contributed by atoms with Gasteiger partial charge >= 0.3 is 0 Å². The molecule has 106 valence electrons. The van der Waals surface area contributed by atoms with Gasteiger partial charge in [0, 0.05) is 6.54 Å². The highest BCUT2D eigenvalue weighted by molar-refractivity contribution is 5.90. The lowest BCUT2D eigenvalue weighted by molar-refractivity contribution is 0.0942. The van der Waals surface area contributed by atoms with E-state index in [2.05, 4.69) is 15.5 Å². The lowest BCUT2D eigenvalue weighted by Gasteiger charge is -2.06. The summed E-state index contributed by atoms with van der Waals surface area (Å²) < 4.78 is 5.04. The van der Waals surface area contributed by atoms with Gasteiger partial charge in [-0.3, -0.25) is 4.79 Å². The number of hydrogen-bond acceptors (Lipinski definition) is 5. The number of benzene rings is 1. The molecule has 1 heterocycles. The first-order valence-electron chi connectivity index (χ1n) is 6.62. The molecule has 0 aliphatic rings. The van der Waals surface area contributed by atoms with E-state index in [1.807, 2.05) is 37.3 Å². The first-order valence-corrected chi connectivity index (χ1v) is 6.62. The third kappa shape index (κ3) is 3.64. The highest BCUT2D eigenvalue weighted by Gasteiger charge is 2.18. The van der Waals surface area contributed by atoms with Crippen molar-refractivity contribution in [2.75, 3.05) is 6.54 Å². The predicted octanol–water partition coefficient (Wildman–Crippen LogP) is 1.45. The molecule has 0 aliphatic heterocycles. The average Bonchev–Trinajstić information content (AvgIpc) is 2.96. The standard InChI is InChI=1S/C14H18N4O2/c1-2-16-13(19)12-17-14(20-18-12)11(15)9-8-10-6-4-3-5-7-10/h3-7,11H,2,8-9,15H2,1H3,(H,16,19)/t11-/m0/s1. The van der Waals surface area contributed by atoms with E-state index in [1.54, 1.807) is 0 Å². The molecule has 0 radical (unpaired) electrons. The fourth-order valence-electron chi connectivity index (χ4n) is 1.81. The highest BCUT2D eigenvalue weighted by Crippen LogP contribution is 2.15. The largest absolute Gasteiger partial charge is 0.349 e. The fraction of sp³-hybridized carbons (Fsp3) is 0.357. The number of carbonyl (C=O) groups is 1. The van der Waals surface area contributed by atoms with Crippen molar-refractivity contribution in [1.82, 2.24) is 15.5 Å². The summed E-state index contributed by atoms with van der Waals surface area (Å²) in [6, 6.07) is 9.66. The molecule has 20 heavy (non-hydrogen) atoms. The zero-order valence-electron chi connectivity index (χ0n) is 11.4. The third-order valence-corrected chi connectivity index (χ3v) is 2.89. The average molecular weight is 274 g/mol. The molecule has 1 amide bonds. The van der Waals surface area contributed by atoms with Gasteiger partial charge in [-0.25, -0.2) is 0 Å². The van der Waals surface area contributed by atoms with Gasteiger partial charge in [-0.05, 0) is 25.3 Å². The van der Waals surface area contributed by atoms with E-state index in [1.165, 1.54) is 5.56 Å². The van der Waals surface area contributed by atoms with E-state index in [0.717, 1.165) is 6.42 Å². The number of carbonyl (C=O) groups excluding carboxylic acids is 1. The van der Waals surface area contributed by atoms with Crippen molar-refractivity contribution in [3.63, 3.8) is 0 Å². The Labute approximate surface area is 117 Å². The summed E-state index contributed by atoms with van der Waals surface area (Å²) in [6.07, 6.45) is 1.50. The van der Waals surface area contributed by atoms with Crippen LogP contribution in [0.1, 0.15) is 41.5 Å². The van der Waals surface area contributed by atoms with Crippen molar-refractivity contribution in [3.8, 4) is 0 Å². The molecule has 2 rings (SSSR count). The van der Waals surface area contributed by atoms with Gasteiger partial charge in [-0.2, -0.15) is 4.98 Å². The van der Waals surface area contributed by atoms with Crippen LogP contribution in [0.15, 0.2) is 34.9 Å². The molecular weight excluding hydrogens is 256 g/mol. The van der Waals surface area contributed by atoms with Gasteiger partial charge in [0.2, 0.25) is 5.89 Å². The smallest absolute Gasteiger partial charge is 0.292 e. The second kappa shape index (κ2) is 6.81. The Hall–Kier alpha value is -2.21. The molecule has 0 spiro atoms. The minimum atomic E-state index is -0.370. The molecule has 1 atom stereocenters. The van der Waals surface area contributed by atoms with E-state index in [9.17, 15) is 4.79 Å². The molecular formula is C14H18N4O2. The van der Waals surface area contributed by atoms with E-state index in [4.69, 9.17) is 10.3 Å². The number of nitrogens with one attached hydrogen (secondary N) is 1. The van der Waals surface area contributed by atoms with Gasteiger partial charge in [-0.1, -0.05) is 35.5 Å². The SMILES string of the molecule is CCNC(=O)c1noc([C@@H](N)CCc2ccccc2)n1. The Morgan fingerprint density at radius 3 is 2.85 bits per heavy atom. The number of aryl methyl sites for hydroxylation is 1. The summed E-state index contributed by atoms with van der Waals surface area (Å²) in [5.74, 6) is -0.0306. The number of nitrogens with two attached hydrogens (primary N) is 1. The minimum Gasteiger partial charge on any atom is -0.349 e. The number of nitrogens with zero attached hydrogens (tertiary/aromatic N) is 2. The van der Waals surface area contributed by atoms with Gasteiger partial charge in [-0.15, -0.1) is 0 Å². The highest BCUT2D eigenvalue weighted by atomic mass is 16.5. The third-order valence-electron chi connectivity index (χ3n) is 2.89. The Kier molecular flexibility index (Phi) is 4.84. The van der Waals surface area contributed by atoms with Crippen LogP contribution >= 0.6 is 0 Å². The van der Waals surface area contributed by atoms with Gasteiger partial charge in [0.05, 0.1) is 6.04 Å². The Bertz CT molecular complexity index is 553. The Morgan fingerprint density at radius 1 is 1.40 bits per heavy atom. The molecule has 2 aromatic rings. The van der Waals surface area contributed by atoms with E-state index in [-0.39, 0.29) is 17.8 Å². The second-order valence-corrected chi connectivity index (χ2v) is 4.45. The predicted molar refractivity (Wildman–Crippen MR) is 74.0 cm³/mol. The summed E-state index contributed by atoms with van der Waals surface area (Å²) in [5, 5.41) is 6.24. The van der Waals surface area contributed by atoms with Crippen molar-refractivity contribution in [2.45, 2.75) is 25.8 Å². The molecule has 6 heteroatoms. The maximum absolute atomic E-state index is 11.5. The molecule has 0 saturated carbocycles. The lowest BCUT2D eigenvalue weighted by atomic mass is 10.1. The topological polar surface area (TPSA) is 94.0 Å². The first kappa shape index (κ1) is 14.2. The maximum atomic E-state index is 11.5. The normalized spacial score (nSPS) is 12.1. The molecule has 3 N–H and O–H groups in total. The summed E-state index contributed by atoms with van der Waals surface area (Å²) in [5.41, 5.74) is 7.20. The molecule has 0 bridgehead atoms. The van der Waals surface area contributed by atoms with Crippen LogP contribution in [-0.4, -0.2) is 22.6 Å². The maximum Gasteiger partial charge on any atom is 0.292 e. The van der Waals surface area contributed by atoms with Crippen molar-refractivity contribution in [2.24, 2.45) is 5.73 Å². The van der Waals surface area contributed by atoms with Crippen LogP contribution in [0.5, 0.6) is 0 Å². The minimum absolute atomic E-state index is 0.0250. The molecule has 0 fully saturated rings. The van der Waals surface area contributed by atoms with Crippen LogP contribution in [0.3, 0.4) is 0 Å². The van der Waals surface area contributed by atoms with Gasteiger partial charge < -0.3 is 15.6 Å². The Balaban J connectivity index is 1.92. The fourth-order valence-corrected chi connectivity index (χ4v) is 1.81. The number of aromatic nitrogens is 2. The van der Waals surface area contributed by atoms with E-state index >= 15 is 0 Å². The van der Waals surface area contributed by atoms with Crippen LogP contribution in [0.4, 0.5) is 0 Å². The molecule has 0 unspecified atom stereocenters. The zero-order valence-corrected chi connectivity index (χ0v) is 11.4. The number of hydrogen-bond donors (Lipinski definition) is 2. The summed E-state index contributed by atoms with van der Waals surface area (Å²) in [7, 11) is 0. The second-order valence-electron chi connectivity index (χ2n) is 4.45. The molecule has 6 nitrogen and oxygen atoms in total. The summed E-state index contributed by atoms with van der Waals surface area (Å²) >= 11 is 0. The van der Waals surface area contributed by atoms with Gasteiger partial charge in [0.15, 0.2) is 0 Å². The van der Waals surface area contributed by atoms with Crippen LogP contribution < -0.4 is 11.1 Å². The zero-order chi connectivity index (χ0) is 14.4. The Morgan fingerprint density at radius 2 is 2.15 bits per heavy atom. The van der Waals surface area contributed by atoms with Crippen molar-refractivity contribution in [3.05, 3.63) is 47.6 Å². The van der Waals surface area contributed by atoms with Crippen LogP contribution in [0.25, 0.3) is 0 Å². The molecule has 1 aromatic heterocycles. The van der Waals surface area contributed by atoms with Gasteiger partial charge in [0.25, 0.3) is 11.7 Å². The molecule has 1 aromatic carbocycles. The quantitative estimate of drug-likeness (QED) is 0.831. The van der Waals surface area contributed by atoms with E-state index < -0.39 is 0 Å². The lowest BCUT2D eigenvalue weighted by Crippen LogP contribution is -2.24. The van der Waals surface area contributed by atoms with Gasteiger partial charge in [0.1, 0.15) is 0 Å². The monoisotopic (exact) mass is 274 g/mol. The van der Waals surface area contributed by atoms with Crippen molar-refractivity contribution < 1.29 is 9.32 Å². The summed E-state index contributed by atoms with van der Waals surface area (Å²) in [4.78, 5) is 15.5. The number of amides is 1.